The first-order valence-corrected chi connectivity index (χ1v) is 7.47. The van der Waals surface area contributed by atoms with Crippen molar-refractivity contribution in [1.29, 1.82) is 0 Å². The summed E-state index contributed by atoms with van der Waals surface area (Å²) in [4.78, 5) is 11.7. The van der Waals surface area contributed by atoms with Crippen LogP contribution in [0, 0.1) is 20.8 Å². The van der Waals surface area contributed by atoms with Crippen LogP contribution in [0.4, 0.5) is 5.82 Å². The molecule has 1 aliphatic carbocycles. The summed E-state index contributed by atoms with van der Waals surface area (Å²) in [5.41, 5.74) is 1.33. The first-order valence-electron chi connectivity index (χ1n) is 6.66. The summed E-state index contributed by atoms with van der Waals surface area (Å²) in [7, 11) is 0. The molecule has 104 valence electrons. The van der Waals surface area contributed by atoms with Crippen molar-refractivity contribution in [3.8, 4) is 0 Å². The molecule has 2 heterocycles. The minimum Gasteiger partial charge on any atom is -0.367 e. The highest BCUT2D eigenvalue weighted by atomic mass is 35.5. The first kappa shape index (κ1) is 14.5. The average molecular weight is 298 g/mol. The van der Waals surface area contributed by atoms with E-state index in [-0.39, 0.29) is 12.4 Å². The molecule has 0 atom stereocenters. The Bertz CT molecular complexity index is 588. The summed E-state index contributed by atoms with van der Waals surface area (Å²) < 4.78 is 0. The summed E-state index contributed by atoms with van der Waals surface area (Å²) in [5.74, 6) is 1.91. The molecule has 0 amide bonds. The van der Waals surface area contributed by atoms with Crippen molar-refractivity contribution in [2.45, 2.75) is 52.5 Å². The molecule has 0 bridgehead atoms. The quantitative estimate of drug-likeness (QED) is 0.893. The first-order chi connectivity index (χ1) is 8.65. The second kappa shape index (κ2) is 5.63. The Kier molecular flexibility index (Phi) is 4.31. The van der Waals surface area contributed by atoms with Crippen molar-refractivity contribution in [3.05, 3.63) is 16.3 Å². The van der Waals surface area contributed by atoms with E-state index >= 15 is 0 Å². The van der Waals surface area contributed by atoms with E-state index in [4.69, 9.17) is 0 Å². The van der Waals surface area contributed by atoms with Gasteiger partial charge in [0.05, 0.1) is 5.39 Å². The molecule has 0 radical (unpaired) electrons. The maximum absolute atomic E-state index is 4.62. The van der Waals surface area contributed by atoms with E-state index < -0.39 is 0 Å². The fraction of sp³-hybridized carbons (Fsp3) is 0.571. The van der Waals surface area contributed by atoms with E-state index in [9.17, 15) is 0 Å². The third kappa shape index (κ3) is 2.70. The van der Waals surface area contributed by atoms with Crippen LogP contribution in [0.15, 0.2) is 0 Å². The summed E-state index contributed by atoms with van der Waals surface area (Å²) in [6.45, 7) is 6.31. The number of thiophene rings is 1. The summed E-state index contributed by atoms with van der Waals surface area (Å²) >= 11 is 1.77. The van der Waals surface area contributed by atoms with Crippen molar-refractivity contribution < 1.29 is 0 Å². The Balaban J connectivity index is 0.00000133. The molecular formula is C14H20ClN3S. The molecule has 3 nitrogen and oxygen atoms in total. The van der Waals surface area contributed by atoms with Gasteiger partial charge < -0.3 is 5.32 Å². The fourth-order valence-electron chi connectivity index (χ4n) is 2.72. The highest BCUT2D eigenvalue weighted by Crippen LogP contribution is 2.34. The minimum atomic E-state index is 0. The van der Waals surface area contributed by atoms with Crippen LogP contribution in [-0.2, 0) is 0 Å². The van der Waals surface area contributed by atoms with Gasteiger partial charge in [0.15, 0.2) is 0 Å². The number of nitrogens with one attached hydrogen (secondary N) is 1. The molecule has 1 N–H and O–H groups in total. The smallest absolute Gasteiger partial charge is 0.139 e. The maximum atomic E-state index is 4.62. The zero-order valence-corrected chi connectivity index (χ0v) is 13.2. The van der Waals surface area contributed by atoms with Crippen LogP contribution in [0.1, 0.15) is 41.9 Å². The molecule has 1 fully saturated rings. The number of halogens is 1. The zero-order chi connectivity index (χ0) is 12.7. The van der Waals surface area contributed by atoms with Gasteiger partial charge in [-0.3, -0.25) is 0 Å². The Hall–Kier alpha value is -0.870. The van der Waals surface area contributed by atoms with Crippen molar-refractivity contribution in [2.75, 3.05) is 5.32 Å². The molecule has 3 rings (SSSR count). The van der Waals surface area contributed by atoms with Crippen LogP contribution in [-0.4, -0.2) is 16.0 Å². The topological polar surface area (TPSA) is 37.8 Å². The molecule has 19 heavy (non-hydrogen) atoms. The molecule has 0 unspecified atom stereocenters. The number of hydrogen-bond acceptors (Lipinski definition) is 4. The molecule has 0 saturated heterocycles. The SMILES string of the molecule is Cc1nc(NC2CCCC2)c2c(C)c(C)sc2n1.Cl. The van der Waals surface area contributed by atoms with E-state index in [1.54, 1.807) is 11.3 Å². The van der Waals surface area contributed by atoms with Crippen LogP contribution in [0.3, 0.4) is 0 Å². The van der Waals surface area contributed by atoms with Crippen molar-refractivity contribution >= 4 is 39.8 Å². The summed E-state index contributed by atoms with van der Waals surface area (Å²) in [5, 5.41) is 4.87. The van der Waals surface area contributed by atoms with Crippen LogP contribution in [0.25, 0.3) is 10.2 Å². The molecule has 1 aliphatic rings. The maximum Gasteiger partial charge on any atom is 0.139 e. The van der Waals surface area contributed by atoms with Crippen molar-refractivity contribution in [3.63, 3.8) is 0 Å². The molecule has 0 spiro atoms. The Morgan fingerprint density at radius 3 is 2.47 bits per heavy atom. The van der Waals surface area contributed by atoms with E-state index in [1.807, 2.05) is 6.92 Å². The van der Waals surface area contributed by atoms with E-state index in [0.29, 0.717) is 6.04 Å². The molecule has 0 aliphatic heterocycles. The van der Waals surface area contributed by atoms with Crippen molar-refractivity contribution in [1.82, 2.24) is 9.97 Å². The lowest BCUT2D eigenvalue weighted by atomic mass is 10.2. The second-order valence-corrected chi connectivity index (χ2v) is 6.41. The third-order valence-corrected chi connectivity index (χ3v) is 4.94. The predicted molar refractivity (Wildman–Crippen MR) is 84.8 cm³/mol. The number of hydrogen-bond donors (Lipinski definition) is 1. The van der Waals surface area contributed by atoms with Gasteiger partial charge in [0, 0.05) is 10.9 Å². The molecule has 2 aromatic rings. The van der Waals surface area contributed by atoms with E-state index in [0.717, 1.165) is 16.5 Å². The number of anilines is 1. The van der Waals surface area contributed by atoms with Gasteiger partial charge >= 0.3 is 0 Å². The lowest BCUT2D eigenvalue weighted by Crippen LogP contribution is -2.16. The zero-order valence-electron chi connectivity index (χ0n) is 11.6. The number of aryl methyl sites for hydroxylation is 3. The van der Waals surface area contributed by atoms with Gasteiger partial charge in [0.2, 0.25) is 0 Å². The normalized spacial score (nSPS) is 15.7. The van der Waals surface area contributed by atoms with Gasteiger partial charge in [0.1, 0.15) is 16.5 Å². The summed E-state index contributed by atoms with van der Waals surface area (Å²) in [6.07, 6.45) is 5.22. The molecule has 5 heteroatoms. The van der Waals surface area contributed by atoms with Crippen LogP contribution in [0.5, 0.6) is 0 Å². The van der Waals surface area contributed by atoms with Crippen LogP contribution < -0.4 is 5.32 Å². The number of nitrogens with zero attached hydrogens (tertiary/aromatic N) is 2. The minimum absolute atomic E-state index is 0. The van der Waals surface area contributed by atoms with Gasteiger partial charge in [-0.15, -0.1) is 23.7 Å². The predicted octanol–water partition coefficient (Wildman–Crippen LogP) is 4.39. The molecule has 2 aromatic heterocycles. The van der Waals surface area contributed by atoms with Gasteiger partial charge in [-0.25, -0.2) is 9.97 Å². The van der Waals surface area contributed by atoms with Crippen LogP contribution in [0.2, 0.25) is 0 Å². The van der Waals surface area contributed by atoms with E-state index in [1.165, 1.54) is 41.5 Å². The standard InChI is InChI=1S/C14H19N3S.ClH/c1-8-9(2)18-14-12(8)13(15-10(3)16-14)17-11-6-4-5-7-11;/h11H,4-7H2,1-3H3,(H,15,16,17);1H. The van der Waals surface area contributed by atoms with Crippen LogP contribution >= 0.6 is 23.7 Å². The lowest BCUT2D eigenvalue weighted by molar-refractivity contribution is 0.750. The molecule has 0 aromatic carbocycles. The Morgan fingerprint density at radius 2 is 1.79 bits per heavy atom. The highest BCUT2D eigenvalue weighted by Gasteiger charge is 2.19. The summed E-state index contributed by atoms with van der Waals surface area (Å²) in [6, 6.07) is 0.599. The number of fused-ring (bicyclic) bond motifs is 1. The van der Waals surface area contributed by atoms with Gasteiger partial charge in [-0.05, 0) is 39.2 Å². The van der Waals surface area contributed by atoms with E-state index in [2.05, 4.69) is 29.1 Å². The third-order valence-electron chi connectivity index (χ3n) is 3.84. The fourth-order valence-corrected chi connectivity index (χ4v) is 3.80. The van der Waals surface area contributed by atoms with Gasteiger partial charge in [-0.2, -0.15) is 0 Å². The second-order valence-electron chi connectivity index (χ2n) is 5.21. The number of rotatable bonds is 2. The molecule has 1 saturated carbocycles. The average Bonchev–Trinajstić information content (AvgIpc) is 2.89. The monoisotopic (exact) mass is 297 g/mol. The molecular weight excluding hydrogens is 278 g/mol. The largest absolute Gasteiger partial charge is 0.367 e. The highest BCUT2D eigenvalue weighted by molar-refractivity contribution is 7.18. The van der Waals surface area contributed by atoms with Gasteiger partial charge in [0.25, 0.3) is 0 Å². The number of aromatic nitrogens is 2. The van der Waals surface area contributed by atoms with Crippen molar-refractivity contribution in [2.24, 2.45) is 0 Å². The Labute approximate surface area is 124 Å². The lowest BCUT2D eigenvalue weighted by Gasteiger charge is -2.14. The Morgan fingerprint density at radius 1 is 1.11 bits per heavy atom. The van der Waals surface area contributed by atoms with Gasteiger partial charge in [-0.1, -0.05) is 12.8 Å².